The number of piperidine rings is 1. The fourth-order valence-electron chi connectivity index (χ4n) is 2.16. The first-order valence-electron chi connectivity index (χ1n) is 5.59. The average Bonchev–Trinajstić information content (AvgIpc) is 2.02. The van der Waals surface area contributed by atoms with Gasteiger partial charge in [0, 0.05) is 12.1 Å². The van der Waals surface area contributed by atoms with E-state index in [1.54, 1.807) is 0 Å². The molecule has 0 amide bonds. The van der Waals surface area contributed by atoms with Gasteiger partial charge in [0.15, 0.2) is 0 Å². The first-order chi connectivity index (χ1) is 6.09. The van der Waals surface area contributed by atoms with Gasteiger partial charge < -0.3 is 10.6 Å². The van der Waals surface area contributed by atoms with E-state index in [1.165, 1.54) is 25.9 Å². The molecule has 1 aliphatic heterocycles. The highest BCUT2D eigenvalue weighted by atomic mass is 15.2. The molecular formula is C11H24N2. The van der Waals surface area contributed by atoms with Gasteiger partial charge in [-0.2, -0.15) is 0 Å². The second kappa shape index (κ2) is 4.97. The third kappa shape index (κ3) is 3.65. The second-order valence-corrected chi connectivity index (χ2v) is 4.78. The summed E-state index contributed by atoms with van der Waals surface area (Å²) in [5.74, 6) is 0.918. The van der Waals surface area contributed by atoms with Gasteiger partial charge in [-0.05, 0) is 52.1 Å². The SMILES string of the molecule is CC(N)CCN1CCC(C)CC1C. The van der Waals surface area contributed by atoms with E-state index in [-0.39, 0.29) is 0 Å². The van der Waals surface area contributed by atoms with E-state index in [0.29, 0.717) is 6.04 Å². The maximum Gasteiger partial charge on any atom is 0.00694 e. The van der Waals surface area contributed by atoms with Crippen LogP contribution in [-0.2, 0) is 0 Å². The van der Waals surface area contributed by atoms with Crippen molar-refractivity contribution >= 4 is 0 Å². The summed E-state index contributed by atoms with van der Waals surface area (Å²) >= 11 is 0. The van der Waals surface area contributed by atoms with Crippen LogP contribution in [0.15, 0.2) is 0 Å². The second-order valence-electron chi connectivity index (χ2n) is 4.78. The molecule has 78 valence electrons. The standard InChI is InChI=1S/C11H24N2/c1-9-4-6-13(11(3)8-9)7-5-10(2)12/h9-11H,4-8,12H2,1-3H3. The Labute approximate surface area is 82.5 Å². The summed E-state index contributed by atoms with van der Waals surface area (Å²) in [7, 11) is 0. The molecule has 3 atom stereocenters. The minimum absolute atomic E-state index is 0.353. The summed E-state index contributed by atoms with van der Waals surface area (Å²) in [6, 6.07) is 1.12. The Morgan fingerprint density at radius 3 is 2.69 bits per heavy atom. The number of hydrogen-bond donors (Lipinski definition) is 1. The van der Waals surface area contributed by atoms with Crippen LogP contribution in [0.2, 0.25) is 0 Å². The first-order valence-corrected chi connectivity index (χ1v) is 5.59. The van der Waals surface area contributed by atoms with E-state index in [9.17, 15) is 0 Å². The molecule has 0 aromatic rings. The molecule has 0 spiro atoms. The van der Waals surface area contributed by atoms with Gasteiger partial charge >= 0.3 is 0 Å². The summed E-state index contributed by atoms with van der Waals surface area (Å²) in [5, 5.41) is 0. The highest BCUT2D eigenvalue weighted by molar-refractivity contribution is 4.77. The van der Waals surface area contributed by atoms with Gasteiger partial charge in [-0.1, -0.05) is 6.92 Å². The number of nitrogens with zero attached hydrogens (tertiary/aromatic N) is 1. The van der Waals surface area contributed by atoms with Crippen molar-refractivity contribution in [2.24, 2.45) is 11.7 Å². The summed E-state index contributed by atoms with van der Waals surface area (Å²) in [6.07, 6.45) is 3.86. The molecule has 3 unspecified atom stereocenters. The molecular weight excluding hydrogens is 160 g/mol. The first kappa shape index (κ1) is 11.0. The van der Waals surface area contributed by atoms with Crippen LogP contribution >= 0.6 is 0 Å². The van der Waals surface area contributed by atoms with Crippen LogP contribution in [0.4, 0.5) is 0 Å². The highest BCUT2D eigenvalue weighted by Gasteiger charge is 2.22. The van der Waals surface area contributed by atoms with Crippen molar-refractivity contribution in [3.05, 3.63) is 0 Å². The van der Waals surface area contributed by atoms with Crippen molar-refractivity contribution in [3.8, 4) is 0 Å². The Morgan fingerprint density at radius 1 is 1.46 bits per heavy atom. The van der Waals surface area contributed by atoms with Gasteiger partial charge in [-0.15, -0.1) is 0 Å². The lowest BCUT2D eigenvalue weighted by molar-refractivity contribution is 0.126. The largest absolute Gasteiger partial charge is 0.328 e. The fourth-order valence-corrected chi connectivity index (χ4v) is 2.16. The van der Waals surface area contributed by atoms with Crippen molar-refractivity contribution in [2.45, 2.75) is 52.1 Å². The molecule has 2 nitrogen and oxygen atoms in total. The zero-order chi connectivity index (χ0) is 9.84. The highest BCUT2D eigenvalue weighted by Crippen LogP contribution is 2.21. The monoisotopic (exact) mass is 184 g/mol. The molecule has 1 fully saturated rings. The zero-order valence-electron chi connectivity index (χ0n) is 9.29. The topological polar surface area (TPSA) is 29.3 Å². The van der Waals surface area contributed by atoms with Gasteiger partial charge in [0.25, 0.3) is 0 Å². The molecule has 13 heavy (non-hydrogen) atoms. The van der Waals surface area contributed by atoms with Crippen LogP contribution in [0.1, 0.15) is 40.0 Å². The van der Waals surface area contributed by atoms with E-state index >= 15 is 0 Å². The predicted molar refractivity (Wildman–Crippen MR) is 57.7 cm³/mol. The summed E-state index contributed by atoms with van der Waals surface area (Å²) in [4.78, 5) is 2.59. The Bertz CT molecular complexity index is 145. The van der Waals surface area contributed by atoms with Crippen LogP contribution in [0.5, 0.6) is 0 Å². The van der Waals surface area contributed by atoms with E-state index in [4.69, 9.17) is 5.73 Å². The minimum Gasteiger partial charge on any atom is -0.328 e. The zero-order valence-corrected chi connectivity index (χ0v) is 9.29. The molecule has 0 aliphatic carbocycles. The number of rotatable bonds is 3. The normalized spacial score (nSPS) is 33.2. The third-order valence-corrected chi connectivity index (χ3v) is 3.15. The van der Waals surface area contributed by atoms with Crippen LogP contribution in [0.25, 0.3) is 0 Å². The summed E-state index contributed by atoms with van der Waals surface area (Å²) < 4.78 is 0. The maximum atomic E-state index is 5.76. The molecule has 2 N–H and O–H groups in total. The number of likely N-dealkylation sites (tertiary alicyclic amines) is 1. The summed E-state index contributed by atoms with van der Waals surface area (Å²) in [5.41, 5.74) is 5.76. The molecule has 1 aliphatic rings. The van der Waals surface area contributed by atoms with Crippen molar-refractivity contribution in [1.29, 1.82) is 0 Å². The minimum atomic E-state index is 0.353. The Balaban J connectivity index is 2.25. The average molecular weight is 184 g/mol. The van der Waals surface area contributed by atoms with Gasteiger partial charge in [0.2, 0.25) is 0 Å². The van der Waals surface area contributed by atoms with Crippen molar-refractivity contribution in [1.82, 2.24) is 4.90 Å². The smallest absolute Gasteiger partial charge is 0.00694 e. The van der Waals surface area contributed by atoms with Gasteiger partial charge in [-0.25, -0.2) is 0 Å². The van der Waals surface area contributed by atoms with Crippen LogP contribution in [0.3, 0.4) is 0 Å². The van der Waals surface area contributed by atoms with Crippen LogP contribution < -0.4 is 5.73 Å². The van der Waals surface area contributed by atoms with Crippen LogP contribution in [-0.4, -0.2) is 30.1 Å². The predicted octanol–water partition coefficient (Wildman–Crippen LogP) is 1.84. The van der Waals surface area contributed by atoms with E-state index in [1.807, 2.05) is 0 Å². The van der Waals surface area contributed by atoms with Crippen molar-refractivity contribution < 1.29 is 0 Å². The Morgan fingerprint density at radius 2 is 2.15 bits per heavy atom. The van der Waals surface area contributed by atoms with Gasteiger partial charge in [0.1, 0.15) is 0 Å². The molecule has 0 aromatic heterocycles. The number of nitrogens with two attached hydrogens (primary N) is 1. The third-order valence-electron chi connectivity index (χ3n) is 3.15. The quantitative estimate of drug-likeness (QED) is 0.725. The molecule has 0 aromatic carbocycles. The van der Waals surface area contributed by atoms with Gasteiger partial charge in [-0.3, -0.25) is 0 Å². The van der Waals surface area contributed by atoms with E-state index < -0.39 is 0 Å². The molecule has 2 heteroatoms. The molecule has 0 saturated carbocycles. The Kier molecular flexibility index (Phi) is 4.20. The van der Waals surface area contributed by atoms with Crippen LogP contribution in [0, 0.1) is 5.92 Å². The van der Waals surface area contributed by atoms with E-state index in [2.05, 4.69) is 25.7 Å². The Hall–Kier alpha value is -0.0800. The molecule has 1 rings (SSSR count). The van der Waals surface area contributed by atoms with Gasteiger partial charge in [0.05, 0.1) is 0 Å². The van der Waals surface area contributed by atoms with Crippen molar-refractivity contribution in [2.75, 3.05) is 13.1 Å². The molecule has 1 saturated heterocycles. The lowest BCUT2D eigenvalue weighted by Gasteiger charge is -2.36. The maximum absolute atomic E-state index is 5.76. The molecule has 0 radical (unpaired) electrons. The lowest BCUT2D eigenvalue weighted by atomic mass is 9.93. The fraction of sp³-hybridized carbons (Fsp3) is 1.00. The molecule has 1 heterocycles. The lowest BCUT2D eigenvalue weighted by Crippen LogP contribution is -2.41. The summed E-state index contributed by atoms with van der Waals surface area (Å²) in [6.45, 7) is 9.26. The van der Waals surface area contributed by atoms with Crippen molar-refractivity contribution in [3.63, 3.8) is 0 Å². The molecule has 0 bridgehead atoms. The van der Waals surface area contributed by atoms with E-state index in [0.717, 1.165) is 18.4 Å². The number of hydrogen-bond acceptors (Lipinski definition) is 2.